The van der Waals surface area contributed by atoms with E-state index in [1.807, 2.05) is 12.1 Å². The van der Waals surface area contributed by atoms with Crippen LogP contribution in [-0.4, -0.2) is 22.8 Å². The van der Waals surface area contributed by atoms with Crippen LogP contribution in [0.3, 0.4) is 0 Å². The number of hydrogen-bond acceptors (Lipinski definition) is 4. The lowest BCUT2D eigenvalue weighted by molar-refractivity contribution is 0.0318. The molecule has 0 unspecified atom stereocenters. The predicted octanol–water partition coefficient (Wildman–Crippen LogP) is 4.46. The van der Waals surface area contributed by atoms with Crippen molar-refractivity contribution >= 4 is 23.4 Å². The minimum atomic E-state index is -0.881. The van der Waals surface area contributed by atoms with E-state index in [0.29, 0.717) is 5.56 Å². The summed E-state index contributed by atoms with van der Waals surface area (Å²) in [6.45, 7) is 7.87. The number of pyridine rings is 1. The topological polar surface area (TPSA) is 56.3 Å². The summed E-state index contributed by atoms with van der Waals surface area (Å²) in [5.41, 5.74) is 1.91. The molecule has 0 aliphatic rings. The van der Waals surface area contributed by atoms with Crippen LogP contribution < -0.4 is 0 Å². The zero-order valence-corrected chi connectivity index (χ0v) is 14.9. The van der Waals surface area contributed by atoms with E-state index in [2.05, 4.69) is 25.8 Å². The number of aromatic nitrogens is 1. The molecule has 1 atom stereocenters. The van der Waals surface area contributed by atoms with Gasteiger partial charge in [0, 0.05) is 11.8 Å². The van der Waals surface area contributed by atoms with Crippen molar-refractivity contribution in [3.63, 3.8) is 0 Å². The van der Waals surface area contributed by atoms with E-state index in [1.54, 1.807) is 19.1 Å². The van der Waals surface area contributed by atoms with Crippen LogP contribution in [0.5, 0.6) is 0 Å². The molecule has 0 bridgehead atoms. The summed E-state index contributed by atoms with van der Waals surface area (Å²) in [4.78, 5) is 28.3. The lowest BCUT2D eigenvalue weighted by Gasteiger charge is -2.19. The molecule has 5 heteroatoms. The fraction of sp³-hybridized carbons (Fsp3) is 0.316. The number of hydrogen-bond donors (Lipinski definition) is 0. The highest BCUT2D eigenvalue weighted by molar-refractivity contribution is 6.29. The Labute approximate surface area is 146 Å². The van der Waals surface area contributed by atoms with E-state index in [-0.39, 0.29) is 21.9 Å². The normalized spacial score (nSPS) is 12.5. The van der Waals surface area contributed by atoms with E-state index in [4.69, 9.17) is 16.3 Å². The van der Waals surface area contributed by atoms with Crippen LogP contribution >= 0.6 is 11.6 Å². The summed E-state index contributed by atoms with van der Waals surface area (Å²) >= 11 is 5.68. The fourth-order valence-electron chi connectivity index (χ4n) is 2.15. The second-order valence-corrected chi connectivity index (χ2v) is 7.00. The summed E-state index contributed by atoms with van der Waals surface area (Å²) < 4.78 is 5.22. The molecule has 24 heavy (non-hydrogen) atoms. The molecule has 0 saturated heterocycles. The number of carbonyl (C=O) groups excluding carboxylic acids is 2. The number of rotatable bonds is 4. The first-order valence-electron chi connectivity index (χ1n) is 7.66. The average molecular weight is 346 g/mol. The molecule has 0 saturated carbocycles. The lowest BCUT2D eigenvalue weighted by Crippen LogP contribution is -2.24. The Morgan fingerprint density at radius 2 is 1.62 bits per heavy atom. The van der Waals surface area contributed by atoms with Crippen LogP contribution in [-0.2, 0) is 10.2 Å². The first-order chi connectivity index (χ1) is 11.2. The number of esters is 1. The maximum atomic E-state index is 12.4. The van der Waals surface area contributed by atoms with Gasteiger partial charge in [-0.25, -0.2) is 9.78 Å². The van der Waals surface area contributed by atoms with E-state index >= 15 is 0 Å². The van der Waals surface area contributed by atoms with Gasteiger partial charge in [0.25, 0.3) is 0 Å². The molecule has 0 radical (unpaired) electrons. The van der Waals surface area contributed by atoms with Crippen molar-refractivity contribution in [2.24, 2.45) is 0 Å². The van der Waals surface area contributed by atoms with Crippen LogP contribution in [0.2, 0.25) is 5.15 Å². The third-order valence-corrected chi connectivity index (χ3v) is 3.88. The second kappa shape index (κ2) is 7.14. The van der Waals surface area contributed by atoms with Gasteiger partial charge in [-0.1, -0.05) is 56.6 Å². The van der Waals surface area contributed by atoms with Crippen molar-refractivity contribution in [2.45, 2.75) is 39.2 Å². The molecule has 0 fully saturated rings. The van der Waals surface area contributed by atoms with Gasteiger partial charge in [-0.15, -0.1) is 0 Å². The minimum absolute atomic E-state index is 0.0151. The standard InChI is InChI=1S/C19H20ClNO3/c1-12(24-18(23)14-7-10-16(20)21-11-14)17(22)13-5-8-15(9-6-13)19(2,3)4/h5-12H,1-4H3/t12-/m1/s1. The molecule has 1 aromatic carbocycles. The van der Waals surface area contributed by atoms with Gasteiger partial charge in [0.15, 0.2) is 6.10 Å². The van der Waals surface area contributed by atoms with Gasteiger partial charge in [-0.3, -0.25) is 4.79 Å². The number of benzene rings is 1. The van der Waals surface area contributed by atoms with Crippen molar-refractivity contribution in [3.8, 4) is 0 Å². The molecule has 1 heterocycles. The molecule has 4 nitrogen and oxygen atoms in total. The van der Waals surface area contributed by atoms with Crippen LogP contribution in [0.25, 0.3) is 0 Å². The van der Waals surface area contributed by atoms with Gasteiger partial charge < -0.3 is 4.74 Å². The largest absolute Gasteiger partial charge is 0.451 e. The van der Waals surface area contributed by atoms with Gasteiger partial charge in [-0.2, -0.15) is 0 Å². The zero-order valence-electron chi connectivity index (χ0n) is 14.2. The predicted molar refractivity (Wildman–Crippen MR) is 93.6 cm³/mol. The minimum Gasteiger partial charge on any atom is -0.451 e. The van der Waals surface area contributed by atoms with Crippen LogP contribution in [0.15, 0.2) is 42.6 Å². The molecule has 2 aromatic rings. The average Bonchev–Trinajstić information content (AvgIpc) is 2.54. The van der Waals surface area contributed by atoms with Crippen LogP contribution in [0, 0.1) is 0 Å². The summed E-state index contributed by atoms with van der Waals surface area (Å²) in [6.07, 6.45) is 0.439. The number of halogens is 1. The van der Waals surface area contributed by atoms with Gasteiger partial charge in [0.1, 0.15) is 5.15 Å². The number of ketones is 1. The van der Waals surface area contributed by atoms with Gasteiger partial charge >= 0.3 is 5.97 Å². The number of carbonyl (C=O) groups is 2. The second-order valence-electron chi connectivity index (χ2n) is 6.61. The fourth-order valence-corrected chi connectivity index (χ4v) is 2.26. The Kier molecular flexibility index (Phi) is 5.40. The number of Topliss-reactive ketones (excluding diaryl/α,β-unsaturated/α-hetero) is 1. The highest BCUT2D eigenvalue weighted by atomic mass is 35.5. The molecule has 126 valence electrons. The highest BCUT2D eigenvalue weighted by Gasteiger charge is 2.21. The van der Waals surface area contributed by atoms with E-state index in [9.17, 15) is 9.59 Å². The maximum Gasteiger partial charge on any atom is 0.340 e. The number of nitrogens with zero attached hydrogens (tertiary/aromatic N) is 1. The van der Waals surface area contributed by atoms with Gasteiger partial charge in [0.05, 0.1) is 5.56 Å². The molecular formula is C19H20ClNO3. The maximum absolute atomic E-state index is 12.4. The van der Waals surface area contributed by atoms with Crippen molar-refractivity contribution in [2.75, 3.05) is 0 Å². The van der Waals surface area contributed by atoms with E-state index < -0.39 is 12.1 Å². The van der Waals surface area contributed by atoms with Crippen molar-refractivity contribution in [1.82, 2.24) is 4.98 Å². The molecule has 2 rings (SSSR count). The smallest absolute Gasteiger partial charge is 0.340 e. The SMILES string of the molecule is C[C@@H](OC(=O)c1ccc(Cl)nc1)C(=O)c1ccc(C(C)(C)C)cc1. The van der Waals surface area contributed by atoms with Crippen molar-refractivity contribution in [1.29, 1.82) is 0 Å². The van der Waals surface area contributed by atoms with Crippen LogP contribution in [0.4, 0.5) is 0 Å². The molecule has 0 spiro atoms. The number of ether oxygens (including phenoxy) is 1. The molecule has 1 aromatic heterocycles. The monoisotopic (exact) mass is 345 g/mol. The van der Waals surface area contributed by atoms with Crippen molar-refractivity contribution in [3.05, 3.63) is 64.4 Å². The third kappa shape index (κ3) is 4.42. The Morgan fingerprint density at radius 3 is 2.12 bits per heavy atom. The first-order valence-corrected chi connectivity index (χ1v) is 8.03. The van der Waals surface area contributed by atoms with Gasteiger partial charge in [0.2, 0.25) is 5.78 Å². The first kappa shape index (κ1) is 18.1. The molecule has 0 amide bonds. The van der Waals surface area contributed by atoms with Gasteiger partial charge in [-0.05, 0) is 30.0 Å². The summed E-state index contributed by atoms with van der Waals surface area (Å²) in [5.74, 6) is -0.850. The molecule has 0 aliphatic heterocycles. The Balaban J connectivity index is 2.06. The Morgan fingerprint density at radius 1 is 1.04 bits per heavy atom. The van der Waals surface area contributed by atoms with Crippen LogP contribution in [0.1, 0.15) is 54.0 Å². The van der Waals surface area contributed by atoms with E-state index in [1.165, 1.54) is 18.3 Å². The van der Waals surface area contributed by atoms with Crippen molar-refractivity contribution < 1.29 is 14.3 Å². The summed E-state index contributed by atoms with van der Waals surface area (Å²) in [5, 5.41) is 0.287. The zero-order chi connectivity index (χ0) is 17.9. The summed E-state index contributed by atoms with van der Waals surface area (Å²) in [6, 6.07) is 10.4. The Bertz CT molecular complexity index is 731. The molecule has 0 N–H and O–H groups in total. The molecule has 0 aliphatic carbocycles. The Hall–Kier alpha value is -2.20. The quantitative estimate of drug-likeness (QED) is 0.466. The van der Waals surface area contributed by atoms with E-state index in [0.717, 1.165) is 5.56 Å². The highest BCUT2D eigenvalue weighted by Crippen LogP contribution is 2.22. The summed E-state index contributed by atoms with van der Waals surface area (Å²) in [7, 11) is 0. The lowest BCUT2D eigenvalue weighted by atomic mass is 9.86. The third-order valence-electron chi connectivity index (χ3n) is 3.65. The molecular weight excluding hydrogens is 326 g/mol.